The van der Waals surface area contributed by atoms with Gasteiger partial charge in [-0.3, -0.25) is 4.79 Å². The molecule has 5 heteroatoms. The smallest absolute Gasteiger partial charge is 0.271 e. The Hall–Kier alpha value is -4.12. The first kappa shape index (κ1) is 19.2. The average Bonchev–Trinajstić information content (AvgIpc) is 2.79. The summed E-state index contributed by atoms with van der Waals surface area (Å²) in [5.74, 6) is 0.421. The minimum absolute atomic E-state index is 0.103. The molecular formula is C25H20N2O3. The Balaban J connectivity index is 1.58. The third kappa shape index (κ3) is 4.47. The van der Waals surface area contributed by atoms with Crippen LogP contribution in [0.2, 0.25) is 0 Å². The van der Waals surface area contributed by atoms with Gasteiger partial charge in [-0.05, 0) is 46.7 Å². The van der Waals surface area contributed by atoms with Gasteiger partial charge in [-0.1, -0.05) is 60.7 Å². The molecule has 4 aromatic carbocycles. The van der Waals surface area contributed by atoms with Crippen molar-refractivity contribution in [1.29, 1.82) is 0 Å². The Morgan fingerprint density at radius 2 is 1.63 bits per heavy atom. The van der Waals surface area contributed by atoms with E-state index in [1.165, 1.54) is 24.3 Å². The predicted octanol–water partition coefficient (Wildman–Crippen LogP) is 4.89. The summed E-state index contributed by atoms with van der Waals surface area (Å²) in [7, 11) is 0. The van der Waals surface area contributed by atoms with Gasteiger partial charge in [0.15, 0.2) is 0 Å². The van der Waals surface area contributed by atoms with Crippen molar-refractivity contribution < 1.29 is 14.6 Å². The van der Waals surface area contributed by atoms with Crippen LogP contribution in [0, 0.1) is 0 Å². The van der Waals surface area contributed by atoms with E-state index in [2.05, 4.69) is 10.5 Å². The first-order chi connectivity index (χ1) is 14.7. The molecule has 0 fully saturated rings. The zero-order valence-electron chi connectivity index (χ0n) is 16.2. The zero-order valence-corrected chi connectivity index (χ0v) is 16.2. The van der Waals surface area contributed by atoms with Crippen LogP contribution < -0.4 is 10.2 Å². The van der Waals surface area contributed by atoms with Crippen LogP contribution >= 0.6 is 0 Å². The van der Waals surface area contributed by atoms with E-state index in [9.17, 15) is 9.90 Å². The van der Waals surface area contributed by atoms with Crippen molar-refractivity contribution in [1.82, 2.24) is 5.43 Å². The number of carbonyl (C=O) groups is 1. The number of rotatable bonds is 6. The first-order valence-corrected chi connectivity index (χ1v) is 9.51. The maximum Gasteiger partial charge on any atom is 0.271 e. The predicted molar refractivity (Wildman–Crippen MR) is 118 cm³/mol. The topological polar surface area (TPSA) is 70.9 Å². The number of hydrogen-bond donors (Lipinski definition) is 2. The molecule has 0 bridgehead atoms. The minimum atomic E-state index is -0.363. The lowest BCUT2D eigenvalue weighted by Gasteiger charge is -2.12. The molecule has 0 spiro atoms. The lowest BCUT2D eigenvalue weighted by Crippen LogP contribution is -2.17. The van der Waals surface area contributed by atoms with Crippen molar-refractivity contribution in [2.45, 2.75) is 6.61 Å². The van der Waals surface area contributed by atoms with Gasteiger partial charge in [0, 0.05) is 11.1 Å². The van der Waals surface area contributed by atoms with Crippen LogP contribution in [0.1, 0.15) is 21.5 Å². The number of hydrazone groups is 1. The molecule has 2 N–H and O–H groups in total. The van der Waals surface area contributed by atoms with E-state index in [0.29, 0.717) is 17.9 Å². The third-order valence-electron chi connectivity index (χ3n) is 4.66. The molecule has 0 unspecified atom stereocenters. The normalized spacial score (nSPS) is 10.9. The van der Waals surface area contributed by atoms with E-state index in [4.69, 9.17) is 4.74 Å². The quantitative estimate of drug-likeness (QED) is 0.360. The Bertz CT molecular complexity index is 1190. The summed E-state index contributed by atoms with van der Waals surface area (Å²) in [4.78, 5) is 12.3. The van der Waals surface area contributed by atoms with E-state index >= 15 is 0 Å². The Morgan fingerprint density at radius 1 is 0.900 bits per heavy atom. The molecule has 0 saturated carbocycles. The molecule has 0 saturated heterocycles. The lowest BCUT2D eigenvalue weighted by atomic mass is 10.0. The molecule has 4 aromatic rings. The summed E-state index contributed by atoms with van der Waals surface area (Å²) in [5, 5.41) is 15.5. The van der Waals surface area contributed by atoms with Gasteiger partial charge in [0.1, 0.15) is 18.1 Å². The van der Waals surface area contributed by atoms with Crippen LogP contribution in [0.3, 0.4) is 0 Å². The molecule has 0 aliphatic carbocycles. The average molecular weight is 396 g/mol. The van der Waals surface area contributed by atoms with Crippen molar-refractivity contribution in [3.8, 4) is 11.5 Å². The number of aromatic hydroxyl groups is 1. The summed E-state index contributed by atoms with van der Waals surface area (Å²) in [6.45, 7) is 0.430. The number of carbonyl (C=O) groups excluding carboxylic acids is 1. The highest BCUT2D eigenvalue weighted by atomic mass is 16.5. The number of ether oxygens (including phenoxy) is 1. The van der Waals surface area contributed by atoms with Crippen LogP contribution in [0.5, 0.6) is 11.5 Å². The first-order valence-electron chi connectivity index (χ1n) is 9.51. The number of fused-ring (bicyclic) bond motifs is 1. The maximum atomic E-state index is 12.3. The molecule has 0 aliphatic rings. The Labute approximate surface area is 174 Å². The fourth-order valence-electron chi connectivity index (χ4n) is 3.10. The highest BCUT2D eigenvalue weighted by molar-refractivity contribution is 6.03. The van der Waals surface area contributed by atoms with E-state index in [-0.39, 0.29) is 11.7 Å². The van der Waals surface area contributed by atoms with Crippen molar-refractivity contribution in [2.75, 3.05) is 0 Å². The van der Waals surface area contributed by atoms with Gasteiger partial charge < -0.3 is 9.84 Å². The third-order valence-corrected chi connectivity index (χ3v) is 4.66. The highest BCUT2D eigenvalue weighted by Gasteiger charge is 2.09. The molecule has 148 valence electrons. The van der Waals surface area contributed by atoms with Crippen molar-refractivity contribution >= 4 is 22.9 Å². The number of amides is 1. The molecule has 1 amide bonds. The monoisotopic (exact) mass is 396 g/mol. The van der Waals surface area contributed by atoms with Crippen LogP contribution in [-0.4, -0.2) is 17.2 Å². The molecule has 0 radical (unpaired) electrons. The number of nitrogens with zero attached hydrogens (tertiary/aromatic N) is 1. The molecule has 0 aliphatic heterocycles. The summed E-state index contributed by atoms with van der Waals surface area (Å²) >= 11 is 0. The van der Waals surface area contributed by atoms with Crippen molar-refractivity contribution in [2.24, 2.45) is 5.10 Å². The van der Waals surface area contributed by atoms with Crippen LogP contribution in [0.15, 0.2) is 96.1 Å². The Morgan fingerprint density at radius 3 is 2.43 bits per heavy atom. The minimum Gasteiger partial charge on any atom is -0.508 e. The molecule has 5 nitrogen and oxygen atoms in total. The fourth-order valence-corrected chi connectivity index (χ4v) is 3.10. The second-order valence-corrected chi connectivity index (χ2v) is 6.72. The van der Waals surface area contributed by atoms with Crippen LogP contribution in [0.25, 0.3) is 10.8 Å². The fraction of sp³-hybridized carbons (Fsp3) is 0.0400. The number of nitrogens with one attached hydrogen (secondary N) is 1. The molecule has 0 aromatic heterocycles. The van der Waals surface area contributed by atoms with Crippen LogP contribution in [0.4, 0.5) is 0 Å². The molecular weight excluding hydrogens is 376 g/mol. The number of phenols is 1. The lowest BCUT2D eigenvalue weighted by molar-refractivity contribution is 0.0955. The van der Waals surface area contributed by atoms with Gasteiger partial charge in [-0.2, -0.15) is 5.10 Å². The van der Waals surface area contributed by atoms with Crippen molar-refractivity contribution in [3.63, 3.8) is 0 Å². The standard InChI is InChI=1S/C25H20N2O3/c28-21-13-10-20(11-14-21)25(29)27-26-16-23-22-9-5-4-8-19(22)12-15-24(23)30-17-18-6-2-1-3-7-18/h1-16,28H,17H2,(H,27,29)/b26-16+. The molecule has 30 heavy (non-hydrogen) atoms. The van der Waals surface area contributed by atoms with Crippen LogP contribution in [-0.2, 0) is 6.61 Å². The van der Waals surface area contributed by atoms with E-state index < -0.39 is 0 Å². The second kappa shape index (κ2) is 8.92. The van der Waals surface area contributed by atoms with Gasteiger partial charge in [-0.25, -0.2) is 5.43 Å². The number of hydrogen-bond acceptors (Lipinski definition) is 4. The summed E-state index contributed by atoms with van der Waals surface area (Å²) in [6.07, 6.45) is 1.60. The van der Waals surface area contributed by atoms with E-state index in [1.807, 2.05) is 66.7 Å². The zero-order chi connectivity index (χ0) is 20.8. The van der Waals surface area contributed by atoms with Gasteiger partial charge >= 0.3 is 0 Å². The summed E-state index contributed by atoms with van der Waals surface area (Å²) < 4.78 is 6.05. The molecule has 0 heterocycles. The van der Waals surface area contributed by atoms with Gasteiger partial charge in [-0.15, -0.1) is 0 Å². The summed E-state index contributed by atoms with van der Waals surface area (Å²) in [5.41, 5.74) is 4.78. The molecule has 4 rings (SSSR count). The van der Waals surface area contributed by atoms with E-state index in [1.54, 1.807) is 6.21 Å². The number of benzene rings is 4. The van der Waals surface area contributed by atoms with Crippen molar-refractivity contribution in [3.05, 3.63) is 108 Å². The van der Waals surface area contributed by atoms with Gasteiger partial charge in [0.05, 0.1) is 6.21 Å². The SMILES string of the molecule is O=C(N/N=C/c1c(OCc2ccccc2)ccc2ccccc12)c1ccc(O)cc1. The maximum absolute atomic E-state index is 12.3. The highest BCUT2D eigenvalue weighted by Crippen LogP contribution is 2.27. The Kier molecular flexibility index (Phi) is 5.71. The van der Waals surface area contributed by atoms with Gasteiger partial charge in [0.25, 0.3) is 5.91 Å². The van der Waals surface area contributed by atoms with E-state index in [0.717, 1.165) is 21.9 Å². The van der Waals surface area contributed by atoms with Gasteiger partial charge in [0.2, 0.25) is 0 Å². The second-order valence-electron chi connectivity index (χ2n) is 6.72. The molecule has 0 atom stereocenters. The summed E-state index contributed by atoms with van der Waals surface area (Å²) in [6, 6.07) is 27.8. The largest absolute Gasteiger partial charge is 0.508 e. The number of phenolic OH excluding ortho intramolecular Hbond substituents is 1.